The summed E-state index contributed by atoms with van der Waals surface area (Å²) in [5.41, 5.74) is 9.14. The number of benzene rings is 1. The van der Waals surface area contributed by atoms with E-state index in [0.717, 1.165) is 16.9 Å². The molecule has 0 aliphatic carbocycles. The normalized spacial score (nSPS) is 10.8. The van der Waals surface area contributed by atoms with Crippen molar-refractivity contribution in [3.8, 4) is 11.3 Å². The van der Waals surface area contributed by atoms with Gasteiger partial charge in [0, 0.05) is 11.3 Å². The molecule has 0 saturated carbocycles. The number of rotatable bonds is 2. The molecule has 3 aromatic rings. The first kappa shape index (κ1) is 11.5. The van der Waals surface area contributed by atoms with E-state index < -0.39 is 5.91 Å². The summed E-state index contributed by atoms with van der Waals surface area (Å²) >= 11 is 0. The zero-order chi connectivity index (χ0) is 13.4. The molecule has 0 spiro atoms. The van der Waals surface area contributed by atoms with Crippen LogP contribution in [0.25, 0.3) is 16.9 Å². The molecule has 0 atom stereocenters. The Hall–Kier alpha value is -2.62. The lowest BCUT2D eigenvalue weighted by molar-refractivity contribution is 0.0995. The molecule has 1 aromatic carbocycles. The molecule has 2 aromatic heterocycles. The molecule has 0 fully saturated rings. The number of imidazole rings is 1. The largest absolute Gasteiger partial charge is 0.364 e. The standard InChI is InChI=1S/C15H13N3O/c1-10-6-5-9-12-17-13(11-7-3-2-4-8-11)14(15(16)19)18(10)12/h2-9H,1H3,(H2,16,19). The van der Waals surface area contributed by atoms with Crippen molar-refractivity contribution in [3.63, 3.8) is 0 Å². The van der Waals surface area contributed by atoms with Crippen LogP contribution >= 0.6 is 0 Å². The summed E-state index contributed by atoms with van der Waals surface area (Å²) in [6.07, 6.45) is 0. The number of hydrogen-bond donors (Lipinski definition) is 1. The molecule has 0 aliphatic heterocycles. The van der Waals surface area contributed by atoms with Crippen LogP contribution in [-0.4, -0.2) is 15.3 Å². The van der Waals surface area contributed by atoms with Crippen molar-refractivity contribution in [2.24, 2.45) is 5.73 Å². The molecule has 0 unspecified atom stereocenters. The Labute approximate surface area is 110 Å². The van der Waals surface area contributed by atoms with Gasteiger partial charge in [0.15, 0.2) is 0 Å². The van der Waals surface area contributed by atoms with Crippen LogP contribution in [0.15, 0.2) is 48.5 Å². The molecule has 19 heavy (non-hydrogen) atoms. The van der Waals surface area contributed by atoms with Gasteiger partial charge in [-0.1, -0.05) is 36.4 Å². The van der Waals surface area contributed by atoms with Crippen LogP contribution in [0.4, 0.5) is 0 Å². The van der Waals surface area contributed by atoms with Gasteiger partial charge >= 0.3 is 0 Å². The highest BCUT2D eigenvalue weighted by Gasteiger charge is 2.18. The number of aryl methyl sites for hydroxylation is 1. The van der Waals surface area contributed by atoms with E-state index in [-0.39, 0.29) is 0 Å². The Kier molecular flexibility index (Phi) is 2.56. The van der Waals surface area contributed by atoms with E-state index in [1.165, 1.54) is 0 Å². The number of hydrogen-bond acceptors (Lipinski definition) is 2. The summed E-state index contributed by atoms with van der Waals surface area (Å²) in [6.45, 7) is 1.93. The van der Waals surface area contributed by atoms with Crippen molar-refractivity contribution in [2.75, 3.05) is 0 Å². The molecule has 0 aliphatic rings. The molecule has 0 saturated heterocycles. The number of primary amides is 1. The molecule has 4 nitrogen and oxygen atoms in total. The van der Waals surface area contributed by atoms with Crippen LogP contribution in [0.5, 0.6) is 0 Å². The van der Waals surface area contributed by atoms with Gasteiger partial charge in [-0.3, -0.25) is 9.20 Å². The number of fused-ring (bicyclic) bond motifs is 1. The van der Waals surface area contributed by atoms with Crippen molar-refractivity contribution in [2.45, 2.75) is 6.92 Å². The van der Waals surface area contributed by atoms with Crippen LogP contribution in [0.3, 0.4) is 0 Å². The fraction of sp³-hybridized carbons (Fsp3) is 0.0667. The first-order chi connectivity index (χ1) is 9.18. The molecular formula is C15H13N3O. The summed E-state index contributed by atoms with van der Waals surface area (Å²) in [5.74, 6) is -0.472. The maximum atomic E-state index is 11.8. The van der Waals surface area contributed by atoms with E-state index >= 15 is 0 Å². The maximum Gasteiger partial charge on any atom is 0.268 e. The number of carbonyl (C=O) groups is 1. The second-order valence-corrected chi connectivity index (χ2v) is 4.40. The molecule has 0 radical (unpaired) electrons. The van der Waals surface area contributed by atoms with Gasteiger partial charge in [-0.15, -0.1) is 0 Å². The van der Waals surface area contributed by atoms with Crippen molar-refractivity contribution in [1.82, 2.24) is 9.38 Å². The molecular weight excluding hydrogens is 238 g/mol. The van der Waals surface area contributed by atoms with Gasteiger partial charge in [0.05, 0.1) is 0 Å². The summed E-state index contributed by atoms with van der Waals surface area (Å²) in [4.78, 5) is 16.3. The summed E-state index contributed by atoms with van der Waals surface area (Å²) in [5, 5.41) is 0. The van der Waals surface area contributed by atoms with Crippen LogP contribution in [-0.2, 0) is 0 Å². The maximum absolute atomic E-state index is 11.8. The predicted molar refractivity (Wildman–Crippen MR) is 73.9 cm³/mol. The smallest absolute Gasteiger partial charge is 0.268 e. The highest BCUT2D eigenvalue weighted by molar-refractivity contribution is 5.98. The topological polar surface area (TPSA) is 60.4 Å². The summed E-state index contributed by atoms with van der Waals surface area (Å²) < 4.78 is 1.80. The first-order valence-electron chi connectivity index (χ1n) is 6.02. The summed E-state index contributed by atoms with van der Waals surface area (Å²) in [6, 6.07) is 15.3. The van der Waals surface area contributed by atoms with Crippen LogP contribution in [0.1, 0.15) is 16.2 Å². The average molecular weight is 251 g/mol. The first-order valence-corrected chi connectivity index (χ1v) is 6.02. The second kappa shape index (κ2) is 4.24. The Bertz CT molecular complexity index is 760. The zero-order valence-corrected chi connectivity index (χ0v) is 10.5. The lowest BCUT2D eigenvalue weighted by Crippen LogP contribution is -2.15. The van der Waals surface area contributed by atoms with E-state index in [0.29, 0.717) is 11.4 Å². The predicted octanol–water partition coefficient (Wildman–Crippen LogP) is 2.41. The van der Waals surface area contributed by atoms with Crippen LogP contribution in [0.2, 0.25) is 0 Å². The molecule has 94 valence electrons. The van der Waals surface area contributed by atoms with Gasteiger partial charge in [0.2, 0.25) is 0 Å². The lowest BCUT2D eigenvalue weighted by Gasteiger charge is -2.03. The summed E-state index contributed by atoms with van der Waals surface area (Å²) in [7, 11) is 0. The SMILES string of the molecule is Cc1cccc2nc(-c3ccccc3)c(C(N)=O)n12. The highest BCUT2D eigenvalue weighted by Crippen LogP contribution is 2.24. The fourth-order valence-corrected chi connectivity index (χ4v) is 2.28. The van der Waals surface area contributed by atoms with Crippen LogP contribution < -0.4 is 5.73 Å². The third-order valence-electron chi connectivity index (χ3n) is 3.12. The van der Waals surface area contributed by atoms with Gasteiger partial charge in [-0.2, -0.15) is 0 Å². The van der Waals surface area contributed by atoms with E-state index in [1.54, 1.807) is 4.40 Å². The molecule has 2 N–H and O–H groups in total. The van der Waals surface area contributed by atoms with Gasteiger partial charge in [0.25, 0.3) is 5.91 Å². The van der Waals surface area contributed by atoms with Crippen molar-refractivity contribution in [1.29, 1.82) is 0 Å². The molecule has 1 amide bonds. The minimum Gasteiger partial charge on any atom is -0.364 e. The lowest BCUT2D eigenvalue weighted by atomic mass is 10.1. The number of nitrogens with zero attached hydrogens (tertiary/aromatic N) is 2. The molecule has 4 heteroatoms. The van der Waals surface area contributed by atoms with E-state index in [1.807, 2.05) is 55.5 Å². The molecule has 3 rings (SSSR count). The number of nitrogens with two attached hydrogens (primary N) is 1. The van der Waals surface area contributed by atoms with Gasteiger partial charge < -0.3 is 5.73 Å². The number of amides is 1. The van der Waals surface area contributed by atoms with Crippen molar-refractivity contribution < 1.29 is 4.79 Å². The van der Waals surface area contributed by atoms with Crippen molar-refractivity contribution >= 4 is 11.6 Å². The second-order valence-electron chi connectivity index (χ2n) is 4.40. The third kappa shape index (κ3) is 1.78. The van der Waals surface area contributed by atoms with Crippen molar-refractivity contribution in [3.05, 3.63) is 59.9 Å². The fourth-order valence-electron chi connectivity index (χ4n) is 2.28. The Balaban J connectivity index is 2.40. The minimum atomic E-state index is -0.472. The Morgan fingerprint density at radius 3 is 2.53 bits per heavy atom. The molecule has 0 bridgehead atoms. The van der Waals surface area contributed by atoms with Gasteiger partial charge in [0.1, 0.15) is 17.0 Å². The third-order valence-corrected chi connectivity index (χ3v) is 3.12. The number of aromatic nitrogens is 2. The number of pyridine rings is 1. The highest BCUT2D eigenvalue weighted by atomic mass is 16.1. The van der Waals surface area contributed by atoms with Gasteiger partial charge in [-0.05, 0) is 19.1 Å². The van der Waals surface area contributed by atoms with E-state index in [2.05, 4.69) is 4.98 Å². The quantitative estimate of drug-likeness (QED) is 0.760. The zero-order valence-electron chi connectivity index (χ0n) is 10.5. The molecule has 2 heterocycles. The monoisotopic (exact) mass is 251 g/mol. The Morgan fingerprint density at radius 1 is 1.11 bits per heavy atom. The number of carbonyl (C=O) groups excluding carboxylic acids is 1. The average Bonchev–Trinajstić information content (AvgIpc) is 2.81. The van der Waals surface area contributed by atoms with Gasteiger partial charge in [-0.25, -0.2) is 4.98 Å². The minimum absolute atomic E-state index is 0.430. The van der Waals surface area contributed by atoms with E-state index in [9.17, 15) is 4.79 Å². The van der Waals surface area contributed by atoms with Crippen LogP contribution in [0, 0.1) is 6.92 Å². The Morgan fingerprint density at radius 2 is 1.84 bits per heavy atom. The van der Waals surface area contributed by atoms with E-state index in [4.69, 9.17) is 5.73 Å².